The number of amides is 2. The highest BCUT2D eigenvalue weighted by molar-refractivity contribution is 5.75. The normalized spacial score (nSPS) is 32.1. The Hall–Kier alpha value is -0.770. The van der Waals surface area contributed by atoms with E-state index in [4.69, 9.17) is 0 Å². The molecule has 0 spiro atoms. The van der Waals surface area contributed by atoms with Gasteiger partial charge in [-0.2, -0.15) is 0 Å². The zero-order valence-corrected chi connectivity index (χ0v) is 12.0. The molecule has 1 aliphatic heterocycles. The van der Waals surface area contributed by atoms with Gasteiger partial charge in [-0.3, -0.25) is 0 Å². The molecule has 3 fully saturated rings. The van der Waals surface area contributed by atoms with Crippen molar-refractivity contribution in [3.05, 3.63) is 0 Å². The van der Waals surface area contributed by atoms with Gasteiger partial charge in [0, 0.05) is 31.2 Å². The maximum Gasteiger partial charge on any atom is 0.315 e. The molecule has 0 aromatic carbocycles. The summed E-state index contributed by atoms with van der Waals surface area (Å²) in [5.74, 6) is 0.743. The van der Waals surface area contributed by atoms with Crippen LogP contribution in [0.25, 0.3) is 0 Å². The molecule has 2 amide bonds. The molecule has 0 aromatic heterocycles. The lowest BCUT2D eigenvalue weighted by molar-refractivity contribution is 0.185. The second kappa shape index (κ2) is 5.70. The van der Waals surface area contributed by atoms with Crippen molar-refractivity contribution in [2.75, 3.05) is 13.1 Å². The molecule has 3 aliphatic rings. The number of rotatable bonds is 5. The number of carbonyl (C=O) groups excluding carboxylic acids is 1. The van der Waals surface area contributed by atoms with Crippen molar-refractivity contribution >= 4 is 6.03 Å². The van der Waals surface area contributed by atoms with Gasteiger partial charge in [-0.25, -0.2) is 4.79 Å². The van der Waals surface area contributed by atoms with E-state index in [2.05, 4.69) is 22.5 Å². The summed E-state index contributed by atoms with van der Waals surface area (Å²) in [6, 6.07) is 1.77. The molecule has 0 bridgehead atoms. The van der Waals surface area contributed by atoms with Crippen LogP contribution in [0.2, 0.25) is 0 Å². The summed E-state index contributed by atoms with van der Waals surface area (Å²) >= 11 is 0. The molecule has 0 unspecified atom stereocenters. The molecular formula is C15H27N3O. The van der Waals surface area contributed by atoms with Gasteiger partial charge in [-0.05, 0) is 44.4 Å². The highest BCUT2D eigenvalue weighted by atomic mass is 16.2. The van der Waals surface area contributed by atoms with Gasteiger partial charge in [0.15, 0.2) is 0 Å². The topological polar surface area (TPSA) is 44.4 Å². The quantitative estimate of drug-likeness (QED) is 0.799. The average Bonchev–Trinajstić information content (AvgIpc) is 3.27. The van der Waals surface area contributed by atoms with Gasteiger partial charge >= 0.3 is 6.03 Å². The summed E-state index contributed by atoms with van der Waals surface area (Å²) in [5.41, 5.74) is 0. The van der Waals surface area contributed by atoms with Crippen LogP contribution in [0.5, 0.6) is 0 Å². The van der Waals surface area contributed by atoms with Gasteiger partial charge < -0.3 is 15.5 Å². The van der Waals surface area contributed by atoms with Crippen molar-refractivity contribution in [3.63, 3.8) is 0 Å². The second-order valence-electron chi connectivity index (χ2n) is 6.55. The second-order valence-corrected chi connectivity index (χ2v) is 6.55. The smallest absolute Gasteiger partial charge is 0.315 e. The number of hydrogen-bond acceptors (Lipinski definition) is 2. The molecule has 0 radical (unpaired) electrons. The minimum absolute atomic E-state index is 0.0634. The minimum atomic E-state index is 0.0634. The Labute approximate surface area is 116 Å². The van der Waals surface area contributed by atoms with Crippen molar-refractivity contribution in [2.24, 2.45) is 5.92 Å². The van der Waals surface area contributed by atoms with Crippen LogP contribution in [0.15, 0.2) is 0 Å². The average molecular weight is 265 g/mol. The van der Waals surface area contributed by atoms with Crippen molar-refractivity contribution in [3.8, 4) is 0 Å². The van der Waals surface area contributed by atoms with Crippen LogP contribution in [0.3, 0.4) is 0 Å². The van der Waals surface area contributed by atoms with Crippen molar-refractivity contribution < 1.29 is 4.79 Å². The third kappa shape index (κ3) is 3.62. The maximum atomic E-state index is 11.9. The first kappa shape index (κ1) is 13.2. The first-order valence-electron chi connectivity index (χ1n) is 8.07. The molecule has 1 saturated heterocycles. The van der Waals surface area contributed by atoms with Crippen LogP contribution >= 0.6 is 0 Å². The lowest BCUT2D eigenvalue weighted by Crippen LogP contribution is -2.48. The van der Waals surface area contributed by atoms with Gasteiger partial charge in [0.1, 0.15) is 0 Å². The van der Waals surface area contributed by atoms with Crippen LogP contribution < -0.4 is 10.6 Å². The van der Waals surface area contributed by atoms with Crippen LogP contribution in [0.4, 0.5) is 4.79 Å². The lowest BCUT2D eigenvalue weighted by Gasteiger charge is -2.32. The van der Waals surface area contributed by atoms with E-state index in [1.807, 2.05) is 0 Å². The predicted molar refractivity (Wildman–Crippen MR) is 76.1 cm³/mol. The number of carbonyl (C=O) groups is 1. The Morgan fingerprint density at radius 1 is 1.16 bits per heavy atom. The third-order valence-electron chi connectivity index (χ3n) is 4.83. The highest BCUT2D eigenvalue weighted by Crippen LogP contribution is 2.34. The van der Waals surface area contributed by atoms with E-state index < -0.39 is 0 Å². The first-order chi connectivity index (χ1) is 9.26. The van der Waals surface area contributed by atoms with Crippen molar-refractivity contribution in [2.45, 2.75) is 70.0 Å². The van der Waals surface area contributed by atoms with Gasteiger partial charge in [-0.15, -0.1) is 0 Å². The number of nitrogens with one attached hydrogen (secondary N) is 2. The Balaban J connectivity index is 1.32. The highest BCUT2D eigenvalue weighted by Gasteiger charge is 2.37. The first-order valence-corrected chi connectivity index (χ1v) is 8.07. The van der Waals surface area contributed by atoms with Gasteiger partial charge in [0.2, 0.25) is 0 Å². The van der Waals surface area contributed by atoms with Crippen LogP contribution in [0, 0.1) is 5.92 Å². The summed E-state index contributed by atoms with van der Waals surface area (Å²) in [6.07, 6.45) is 8.67. The fourth-order valence-electron chi connectivity index (χ4n) is 3.36. The molecule has 19 heavy (non-hydrogen) atoms. The Morgan fingerprint density at radius 3 is 2.53 bits per heavy atom. The van der Waals surface area contributed by atoms with E-state index in [1.165, 1.54) is 32.1 Å². The zero-order valence-electron chi connectivity index (χ0n) is 12.0. The summed E-state index contributed by atoms with van der Waals surface area (Å²) in [5, 5.41) is 6.27. The molecule has 108 valence electrons. The monoisotopic (exact) mass is 265 g/mol. The van der Waals surface area contributed by atoms with E-state index in [9.17, 15) is 4.79 Å². The van der Waals surface area contributed by atoms with Crippen molar-refractivity contribution in [1.82, 2.24) is 15.5 Å². The summed E-state index contributed by atoms with van der Waals surface area (Å²) in [7, 11) is 0. The summed E-state index contributed by atoms with van der Waals surface area (Å²) < 4.78 is 0. The Morgan fingerprint density at radius 2 is 1.89 bits per heavy atom. The fraction of sp³-hybridized carbons (Fsp3) is 0.933. The SMILES string of the molecule is CCC[C@@H]1C[C@H]1NC(=O)NC1CCN(C2CC2)CC1. The number of likely N-dealkylation sites (tertiary alicyclic amines) is 1. The van der Waals surface area contributed by atoms with Gasteiger partial charge in [0.25, 0.3) is 0 Å². The van der Waals surface area contributed by atoms with E-state index in [-0.39, 0.29) is 6.03 Å². The van der Waals surface area contributed by atoms with Gasteiger partial charge in [0.05, 0.1) is 0 Å². The summed E-state index contributed by atoms with van der Waals surface area (Å²) in [4.78, 5) is 14.5. The van der Waals surface area contributed by atoms with Crippen molar-refractivity contribution in [1.29, 1.82) is 0 Å². The standard InChI is InChI=1S/C15H27N3O/c1-2-3-11-10-14(11)17-15(19)16-12-6-8-18(9-7-12)13-4-5-13/h11-14H,2-10H2,1H3,(H2,16,17,19)/t11-,14-/m1/s1. The largest absolute Gasteiger partial charge is 0.335 e. The van der Waals surface area contributed by atoms with E-state index >= 15 is 0 Å². The molecule has 2 saturated carbocycles. The number of piperidine rings is 1. The molecule has 2 N–H and O–H groups in total. The molecule has 4 heteroatoms. The van der Waals surface area contributed by atoms with Crippen LogP contribution in [-0.4, -0.2) is 42.1 Å². The third-order valence-corrected chi connectivity index (χ3v) is 4.83. The number of hydrogen-bond donors (Lipinski definition) is 2. The molecule has 1 heterocycles. The molecule has 2 aliphatic carbocycles. The Kier molecular flexibility index (Phi) is 3.96. The van der Waals surface area contributed by atoms with E-state index in [0.29, 0.717) is 12.1 Å². The molecule has 0 aromatic rings. The minimum Gasteiger partial charge on any atom is -0.335 e. The molecule has 4 nitrogen and oxygen atoms in total. The van der Waals surface area contributed by atoms with E-state index in [1.54, 1.807) is 0 Å². The summed E-state index contributed by atoms with van der Waals surface area (Å²) in [6.45, 7) is 4.54. The van der Waals surface area contributed by atoms with Crippen LogP contribution in [-0.2, 0) is 0 Å². The zero-order chi connectivity index (χ0) is 13.2. The number of urea groups is 1. The fourth-order valence-corrected chi connectivity index (χ4v) is 3.36. The predicted octanol–water partition coefficient (Wildman–Crippen LogP) is 2.10. The molecular weight excluding hydrogens is 238 g/mol. The van der Waals surface area contributed by atoms with Crippen LogP contribution in [0.1, 0.15) is 51.9 Å². The molecule has 2 atom stereocenters. The number of nitrogens with zero attached hydrogens (tertiary/aromatic N) is 1. The maximum absolute atomic E-state index is 11.9. The molecule has 3 rings (SSSR count). The van der Waals surface area contributed by atoms with E-state index in [0.717, 1.165) is 37.9 Å². The van der Waals surface area contributed by atoms with Gasteiger partial charge in [-0.1, -0.05) is 13.3 Å². The Bertz CT molecular complexity index is 321. The lowest BCUT2D eigenvalue weighted by atomic mass is 10.1.